The molecule has 1 aromatic carbocycles. The van der Waals surface area contributed by atoms with E-state index in [2.05, 4.69) is 9.73 Å². The second-order valence-electron chi connectivity index (χ2n) is 3.54. The Hall–Kier alpha value is -2.96. The molecule has 0 radical (unpaired) electrons. The van der Waals surface area contributed by atoms with Crippen molar-refractivity contribution in [1.82, 2.24) is 5.32 Å². The lowest BCUT2D eigenvalue weighted by Crippen LogP contribution is -2.30. The number of nitro groups is 1. The lowest BCUT2D eigenvalue weighted by atomic mass is 10.2. The van der Waals surface area contributed by atoms with Crippen LogP contribution in [-0.2, 0) is 0 Å². The van der Waals surface area contributed by atoms with Crippen molar-refractivity contribution in [3.63, 3.8) is 0 Å². The summed E-state index contributed by atoms with van der Waals surface area (Å²) in [5.41, 5.74) is 0.303. The Balaban J connectivity index is 2.09. The smallest absolute Gasteiger partial charge is 0.395 e. The summed E-state index contributed by atoms with van der Waals surface area (Å²) >= 11 is 0. The van der Waals surface area contributed by atoms with E-state index < -0.39 is 22.6 Å². The van der Waals surface area contributed by atoms with Gasteiger partial charge in [-0.15, -0.1) is 0 Å². The monoisotopic (exact) mass is 260 g/mol. The molecule has 1 aromatic heterocycles. The van der Waals surface area contributed by atoms with Gasteiger partial charge in [0, 0.05) is 5.56 Å². The van der Waals surface area contributed by atoms with Crippen LogP contribution in [0.5, 0.6) is 0 Å². The van der Waals surface area contributed by atoms with E-state index in [-0.39, 0.29) is 5.76 Å². The average Bonchev–Trinajstić information content (AvgIpc) is 2.89. The van der Waals surface area contributed by atoms with E-state index in [0.717, 1.165) is 12.1 Å². The highest BCUT2D eigenvalue weighted by Crippen LogP contribution is 2.15. The highest BCUT2D eigenvalue weighted by Gasteiger charge is 2.19. The molecule has 7 nitrogen and oxygen atoms in total. The van der Waals surface area contributed by atoms with Crippen LogP contribution in [0.15, 0.2) is 46.9 Å². The Bertz CT molecular complexity index is 633. The number of amides is 2. The first-order chi connectivity index (χ1) is 9.08. The number of rotatable bonds is 3. The number of furan rings is 1. The first-order valence-electron chi connectivity index (χ1n) is 5.23. The summed E-state index contributed by atoms with van der Waals surface area (Å²) in [6, 6.07) is 10.3. The number of hydrogen-bond donors (Lipinski definition) is 1. The highest BCUT2D eigenvalue weighted by molar-refractivity contribution is 6.09. The quantitative estimate of drug-likeness (QED) is 0.514. The van der Waals surface area contributed by atoms with Gasteiger partial charge in [0.25, 0.3) is 11.8 Å². The van der Waals surface area contributed by atoms with E-state index in [1.807, 2.05) is 0 Å². The number of imide groups is 1. The van der Waals surface area contributed by atoms with Gasteiger partial charge in [-0.05, 0) is 18.2 Å². The zero-order valence-electron chi connectivity index (χ0n) is 9.53. The molecule has 2 aromatic rings. The van der Waals surface area contributed by atoms with E-state index in [0.29, 0.717) is 5.56 Å². The molecule has 2 rings (SSSR count). The predicted molar refractivity (Wildman–Crippen MR) is 63.6 cm³/mol. The number of hydrogen-bond acceptors (Lipinski definition) is 5. The van der Waals surface area contributed by atoms with Gasteiger partial charge < -0.3 is 4.42 Å². The minimum absolute atomic E-state index is 0.295. The Morgan fingerprint density at radius 3 is 2.32 bits per heavy atom. The maximum Gasteiger partial charge on any atom is 0.433 e. The van der Waals surface area contributed by atoms with Crippen LogP contribution in [0.3, 0.4) is 0 Å². The Kier molecular flexibility index (Phi) is 3.37. The molecule has 0 saturated carbocycles. The maximum absolute atomic E-state index is 11.7. The minimum Gasteiger partial charge on any atom is -0.395 e. The van der Waals surface area contributed by atoms with Crippen LogP contribution < -0.4 is 5.32 Å². The molecule has 0 fully saturated rings. The summed E-state index contributed by atoms with van der Waals surface area (Å²) in [5, 5.41) is 12.5. The number of carbonyl (C=O) groups is 2. The first-order valence-corrected chi connectivity index (χ1v) is 5.23. The Morgan fingerprint density at radius 2 is 1.74 bits per heavy atom. The van der Waals surface area contributed by atoms with Gasteiger partial charge in [-0.25, -0.2) is 0 Å². The predicted octanol–water partition coefficient (Wildman–Crippen LogP) is 1.76. The van der Waals surface area contributed by atoms with Crippen LogP contribution in [-0.4, -0.2) is 16.7 Å². The van der Waals surface area contributed by atoms with Gasteiger partial charge in [0.2, 0.25) is 0 Å². The minimum atomic E-state index is -0.832. The molecule has 0 saturated heterocycles. The van der Waals surface area contributed by atoms with Crippen LogP contribution in [0.4, 0.5) is 5.88 Å². The molecule has 0 bridgehead atoms. The molecule has 2 amide bonds. The van der Waals surface area contributed by atoms with Crippen molar-refractivity contribution in [3.05, 3.63) is 63.9 Å². The van der Waals surface area contributed by atoms with Crippen LogP contribution in [0.2, 0.25) is 0 Å². The normalized spacial score (nSPS) is 9.89. The van der Waals surface area contributed by atoms with Gasteiger partial charge >= 0.3 is 5.88 Å². The second kappa shape index (κ2) is 5.13. The van der Waals surface area contributed by atoms with E-state index in [1.165, 1.54) is 12.1 Å². The summed E-state index contributed by atoms with van der Waals surface area (Å²) < 4.78 is 4.68. The number of nitrogens with zero attached hydrogens (tertiary/aromatic N) is 1. The van der Waals surface area contributed by atoms with Gasteiger partial charge in [0.1, 0.15) is 4.92 Å². The molecule has 0 spiro atoms. The van der Waals surface area contributed by atoms with Crippen molar-refractivity contribution in [3.8, 4) is 0 Å². The van der Waals surface area contributed by atoms with Crippen molar-refractivity contribution in [2.75, 3.05) is 0 Å². The first kappa shape index (κ1) is 12.5. The van der Waals surface area contributed by atoms with E-state index in [4.69, 9.17) is 0 Å². The molecule has 1 N–H and O–H groups in total. The van der Waals surface area contributed by atoms with E-state index >= 15 is 0 Å². The third-order valence-corrected chi connectivity index (χ3v) is 2.26. The van der Waals surface area contributed by atoms with Crippen LogP contribution in [0.1, 0.15) is 20.9 Å². The lowest BCUT2D eigenvalue weighted by Gasteiger charge is -2.01. The third kappa shape index (κ3) is 2.83. The molecule has 96 valence electrons. The maximum atomic E-state index is 11.7. The summed E-state index contributed by atoms with van der Waals surface area (Å²) in [7, 11) is 0. The fourth-order valence-electron chi connectivity index (χ4n) is 1.37. The van der Waals surface area contributed by atoms with Gasteiger partial charge in [0.05, 0.1) is 6.07 Å². The van der Waals surface area contributed by atoms with Gasteiger partial charge in [-0.1, -0.05) is 18.2 Å². The molecule has 0 unspecified atom stereocenters. The highest BCUT2D eigenvalue weighted by atomic mass is 16.6. The zero-order valence-corrected chi connectivity index (χ0v) is 9.53. The van der Waals surface area contributed by atoms with Gasteiger partial charge in [-0.3, -0.25) is 25.0 Å². The summed E-state index contributed by atoms with van der Waals surface area (Å²) in [6.07, 6.45) is 0. The van der Waals surface area contributed by atoms with E-state index in [1.54, 1.807) is 18.2 Å². The number of carbonyl (C=O) groups excluding carboxylic acids is 2. The van der Waals surface area contributed by atoms with Gasteiger partial charge in [0.15, 0.2) is 5.76 Å². The summed E-state index contributed by atoms with van der Waals surface area (Å²) in [4.78, 5) is 32.9. The van der Waals surface area contributed by atoms with Gasteiger partial charge in [-0.2, -0.15) is 0 Å². The molecule has 7 heteroatoms. The second-order valence-corrected chi connectivity index (χ2v) is 3.54. The standard InChI is InChI=1S/C12H8N2O5/c15-11(8-4-2-1-3-5-8)13-12(16)9-6-7-10(19-9)14(17)18/h1-7H,(H,13,15,16). The van der Waals surface area contributed by atoms with Crippen molar-refractivity contribution in [1.29, 1.82) is 0 Å². The summed E-state index contributed by atoms with van der Waals surface area (Å²) in [5.74, 6) is -2.29. The Morgan fingerprint density at radius 1 is 1.05 bits per heavy atom. The molecule has 0 atom stereocenters. The van der Waals surface area contributed by atoms with Crippen molar-refractivity contribution in [2.45, 2.75) is 0 Å². The molecule has 0 aliphatic rings. The zero-order chi connectivity index (χ0) is 13.8. The average molecular weight is 260 g/mol. The largest absolute Gasteiger partial charge is 0.433 e. The molecule has 1 heterocycles. The number of nitrogens with one attached hydrogen (secondary N) is 1. The van der Waals surface area contributed by atoms with Crippen LogP contribution in [0.25, 0.3) is 0 Å². The van der Waals surface area contributed by atoms with E-state index in [9.17, 15) is 19.7 Å². The SMILES string of the molecule is O=C(NC(=O)c1ccc([N+](=O)[O-])o1)c1ccccc1. The summed E-state index contributed by atoms with van der Waals surface area (Å²) in [6.45, 7) is 0. The molecular weight excluding hydrogens is 252 g/mol. The molecular formula is C12H8N2O5. The fraction of sp³-hybridized carbons (Fsp3) is 0. The van der Waals surface area contributed by atoms with Crippen LogP contribution >= 0.6 is 0 Å². The van der Waals surface area contributed by atoms with Crippen molar-refractivity contribution < 1.29 is 18.9 Å². The Labute approximate surface area is 107 Å². The molecule has 19 heavy (non-hydrogen) atoms. The van der Waals surface area contributed by atoms with Crippen molar-refractivity contribution >= 4 is 17.7 Å². The molecule has 0 aliphatic carbocycles. The molecule has 0 aliphatic heterocycles. The number of benzene rings is 1. The van der Waals surface area contributed by atoms with Crippen LogP contribution in [0, 0.1) is 10.1 Å². The topological polar surface area (TPSA) is 102 Å². The fourth-order valence-corrected chi connectivity index (χ4v) is 1.37. The third-order valence-electron chi connectivity index (χ3n) is 2.26. The lowest BCUT2D eigenvalue weighted by molar-refractivity contribution is -0.402. The van der Waals surface area contributed by atoms with Crippen molar-refractivity contribution in [2.24, 2.45) is 0 Å².